The molecule has 2 atom stereocenters. The van der Waals surface area contributed by atoms with Crippen molar-refractivity contribution in [3.63, 3.8) is 0 Å². The lowest BCUT2D eigenvalue weighted by Crippen LogP contribution is -2.29. The Morgan fingerprint density at radius 3 is 2.81 bits per heavy atom. The molecule has 1 aliphatic heterocycles. The van der Waals surface area contributed by atoms with Crippen molar-refractivity contribution in [1.82, 2.24) is 0 Å². The summed E-state index contributed by atoms with van der Waals surface area (Å²) in [4.78, 5) is 14.9. The molecule has 1 aliphatic rings. The van der Waals surface area contributed by atoms with Gasteiger partial charge >= 0.3 is 0 Å². The molecule has 1 heterocycles. The summed E-state index contributed by atoms with van der Waals surface area (Å²) in [6, 6.07) is 2.97. The number of amides is 1. The summed E-state index contributed by atoms with van der Waals surface area (Å²) in [5, 5.41) is 2.47. The summed E-state index contributed by atoms with van der Waals surface area (Å²) in [7, 11) is 0. The topological polar surface area (TPSA) is 103 Å². The van der Waals surface area contributed by atoms with Crippen LogP contribution in [0.25, 0.3) is 0 Å². The highest BCUT2D eigenvalue weighted by atomic mass is 19.1. The number of aliphatic imine (C=N–C) groups is 1. The van der Waals surface area contributed by atoms with Gasteiger partial charge in [-0.3, -0.25) is 9.79 Å². The zero-order chi connectivity index (χ0) is 15.4. The van der Waals surface area contributed by atoms with Crippen LogP contribution < -0.4 is 16.8 Å². The monoisotopic (exact) mass is 298 g/mol. The van der Waals surface area contributed by atoms with Crippen molar-refractivity contribution in [2.75, 3.05) is 11.9 Å². The first-order valence-electron chi connectivity index (χ1n) is 6.42. The quantitative estimate of drug-likeness (QED) is 0.563. The number of hydrogen-bond acceptors (Lipinski definition) is 3. The van der Waals surface area contributed by atoms with E-state index in [1.807, 2.05) is 0 Å². The molecule has 2 unspecified atom stereocenters. The number of nitrogens with zero attached hydrogens (tertiary/aromatic N) is 1. The number of guanidine groups is 1. The van der Waals surface area contributed by atoms with Crippen molar-refractivity contribution in [3.8, 4) is 0 Å². The zero-order valence-electron chi connectivity index (χ0n) is 11.2. The molecule has 0 aromatic heterocycles. The maximum atomic E-state index is 13.4. The second-order valence-electron chi connectivity index (χ2n) is 4.70. The van der Waals surface area contributed by atoms with E-state index in [-0.39, 0.29) is 24.3 Å². The third-order valence-corrected chi connectivity index (χ3v) is 3.08. The standard InChI is InChI=1S/C13H16F2N4O2/c14-7-1-3-9(15)10(5-7)19-13(17)18-6-8-2-4-11(21-8)12(16)20/h1,3,5,8,11H,2,4,6H2,(H2,16,20)(H3,17,18,19). The van der Waals surface area contributed by atoms with Crippen LogP contribution in [-0.2, 0) is 9.53 Å². The predicted molar refractivity (Wildman–Crippen MR) is 73.6 cm³/mol. The maximum Gasteiger partial charge on any atom is 0.246 e. The predicted octanol–water partition coefficient (Wildman–Crippen LogP) is 0.724. The van der Waals surface area contributed by atoms with E-state index >= 15 is 0 Å². The SMILES string of the molecule is NC(=O)C1CCC(CN=C(N)Nc2cc(F)ccc2F)O1. The van der Waals surface area contributed by atoms with Crippen molar-refractivity contribution < 1.29 is 18.3 Å². The summed E-state index contributed by atoms with van der Waals surface area (Å²) in [5.74, 6) is -1.80. The Kier molecular flexibility index (Phi) is 4.69. The summed E-state index contributed by atoms with van der Waals surface area (Å²) in [6.07, 6.45) is 0.320. The van der Waals surface area contributed by atoms with Gasteiger partial charge in [0, 0.05) is 6.07 Å². The molecule has 21 heavy (non-hydrogen) atoms. The number of hydrogen-bond donors (Lipinski definition) is 3. The molecule has 0 radical (unpaired) electrons. The fourth-order valence-corrected chi connectivity index (χ4v) is 2.02. The second-order valence-corrected chi connectivity index (χ2v) is 4.70. The van der Waals surface area contributed by atoms with Crippen molar-refractivity contribution in [3.05, 3.63) is 29.8 Å². The third kappa shape index (κ3) is 4.12. The van der Waals surface area contributed by atoms with E-state index in [1.165, 1.54) is 0 Å². The Balaban J connectivity index is 1.90. The van der Waals surface area contributed by atoms with Gasteiger partial charge in [0.2, 0.25) is 5.91 Å². The number of ether oxygens (including phenoxy) is 1. The van der Waals surface area contributed by atoms with Crippen LogP contribution in [0.3, 0.4) is 0 Å². The molecule has 1 amide bonds. The minimum absolute atomic E-state index is 0.0642. The van der Waals surface area contributed by atoms with E-state index in [4.69, 9.17) is 16.2 Å². The Labute approximate surface area is 120 Å². The highest BCUT2D eigenvalue weighted by molar-refractivity contribution is 5.92. The van der Waals surface area contributed by atoms with E-state index in [9.17, 15) is 13.6 Å². The number of primary amides is 1. The minimum Gasteiger partial charge on any atom is -0.370 e. The van der Waals surface area contributed by atoms with Crippen molar-refractivity contribution >= 4 is 17.6 Å². The molecule has 6 nitrogen and oxygen atoms in total. The first kappa shape index (κ1) is 15.2. The van der Waals surface area contributed by atoms with Gasteiger partial charge in [0.05, 0.1) is 18.3 Å². The molecular formula is C13H16F2N4O2. The number of carbonyl (C=O) groups excluding carboxylic acids is 1. The lowest BCUT2D eigenvalue weighted by Gasteiger charge is -2.10. The molecule has 0 bridgehead atoms. The van der Waals surface area contributed by atoms with E-state index in [0.29, 0.717) is 12.8 Å². The van der Waals surface area contributed by atoms with E-state index in [0.717, 1.165) is 18.2 Å². The van der Waals surface area contributed by atoms with Crippen LogP contribution in [0.1, 0.15) is 12.8 Å². The van der Waals surface area contributed by atoms with Crippen molar-refractivity contribution in [2.24, 2.45) is 16.5 Å². The molecule has 8 heteroatoms. The highest BCUT2D eigenvalue weighted by Gasteiger charge is 2.28. The molecule has 1 saturated heterocycles. The Morgan fingerprint density at radius 1 is 1.38 bits per heavy atom. The van der Waals surface area contributed by atoms with Crippen molar-refractivity contribution in [2.45, 2.75) is 25.0 Å². The molecule has 0 spiro atoms. The fourth-order valence-electron chi connectivity index (χ4n) is 2.02. The van der Waals surface area contributed by atoms with Gasteiger partial charge in [-0.2, -0.15) is 0 Å². The van der Waals surface area contributed by atoms with Gasteiger partial charge in [-0.25, -0.2) is 8.78 Å². The lowest BCUT2D eigenvalue weighted by molar-refractivity contribution is -0.128. The molecule has 0 aliphatic carbocycles. The van der Waals surface area contributed by atoms with Crippen LogP contribution in [0.5, 0.6) is 0 Å². The molecule has 0 saturated carbocycles. The van der Waals surface area contributed by atoms with Gasteiger partial charge in [-0.05, 0) is 25.0 Å². The van der Waals surface area contributed by atoms with Gasteiger partial charge in [0.15, 0.2) is 5.96 Å². The summed E-state index contributed by atoms with van der Waals surface area (Å²) >= 11 is 0. The Morgan fingerprint density at radius 2 is 2.14 bits per heavy atom. The van der Waals surface area contributed by atoms with Gasteiger partial charge in [-0.1, -0.05) is 0 Å². The molecule has 1 aromatic rings. The lowest BCUT2D eigenvalue weighted by atomic mass is 10.2. The number of rotatable bonds is 4. The Bertz CT molecular complexity index is 565. The van der Waals surface area contributed by atoms with Gasteiger partial charge in [0.25, 0.3) is 0 Å². The first-order valence-corrected chi connectivity index (χ1v) is 6.42. The summed E-state index contributed by atoms with van der Waals surface area (Å²) < 4.78 is 31.8. The maximum absolute atomic E-state index is 13.4. The second kappa shape index (κ2) is 6.49. The number of benzene rings is 1. The molecular weight excluding hydrogens is 282 g/mol. The highest BCUT2D eigenvalue weighted by Crippen LogP contribution is 2.19. The van der Waals surface area contributed by atoms with E-state index in [2.05, 4.69) is 10.3 Å². The first-order chi connectivity index (χ1) is 9.95. The largest absolute Gasteiger partial charge is 0.370 e. The average Bonchev–Trinajstić information content (AvgIpc) is 2.90. The van der Waals surface area contributed by atoms with E-state index < -0.39 is 23.6 Å². The van der Waals surface area contributed by atoms with Crippen LogP contribution in [0.4, 0.5) is 14.5 Å². The van der Waals surface area contributed by atoms with Gasteiger partial charge in [-0.15, -0.1) is 0 Å². The van der Waals surface area contributed by atoms with Gasteiger partial charge in [0.1, 0.15) is 17.7 Å². The number of halogens is 2. The fraction of sp³-hybridized carbons (Fsp3) is 0.385. The molecule has 5 N–H and O–H groups in total. The molecule has 1 fully saturated rings. The summed E-state index contributed by atoms with van der Waals surface area (Å²) in [6.45, 7) is 0.208. The Hall–Kier alpha value is -2.22. The van der Waals surface area contributed by atoms with Crippen LogP contribution in [0.2, 0.25) is 0 Å². The number of anilines is 1. The summed E-state index contributed by atoms with van der Waals surface area (Å²) in [5.41, 5.74) is 10.6. The van der Waals surface area contributed by atoms with Crippen LogP contribution >= 0.6 is 0 Å². The van der Waals surface area contributed by atoms with Crippen LogP contribution in [-0.4, -0.2) is 30.6 Å². The molecule has 2 rings (SSSR count). The number of carbonyl (C=O) groups is 1. The smallest absolute Gasteiger partial charge is 0.246 e. The molecule has 1 aromatic carbocycles. The normalized spacial score (nSPS) is 22.3. The van der Waals surface area contributed by atoms with Gasteiger partial charge < -0.3 is 21.5 Å². The third-order valence-electron chi connectivity index (χ3n) is 3.08. The van der Waals surface area contributed by atoms with E-state index in [1.54, 1.807) is 0 Å². The van der Waals surface area contributed by atoms with Crippen LogP contribution in [0, 0.1) is 11.6 Å². The van der Waals surface area contributed by atoms with Crippen molar-refractivity contribution in [1.29, 1.82) is 0 Å². The number of nitrogens with one attached hydrogen (secondary N) is 1. The number of nitrogens with two attached hydrogens (primary N) is 2. The van der Waals surface area contributed by atoms with Crippen LogP contribution in [0.15, 0.2) is 23.2 Å². The minimum atomic E-state index is -0.638. The zero-order valence-corrected chi connectivity index (χ0v) is 11.2. The molecule has 114 valence electrons. The average molecular weight is 298 g/mol.